The van der Waals surface area contributed by atoms with Crippen molar-refractivity contribution in [1.82, 2.24) is 9.71 Å². The van der Waals surface area contributed by atoms with Crippen molar-refractivity contribution >= 4 is 31.6 Å². The van der Waals surface area contributed by atoms with Crippen molar-refractivity contribution in [2.24, 2.45) is 0 Å². The lowest BCUT2D eigenvalue weighted by Gasteiger charge is -2.19. The van der Waals surface area contributed by atoms with Crippen molar-refractivity contribution in [2.75, 3.05) is 6.54 Å². The quantitative estimate of drug-likeness (QED) is 0.731. The summed E-state index contributed by atoms with van der Waals surface area (Å²) in [5.41, 5.74) is 2.08. The standard InChI is InChI=1S/C19H22N2O2S2/c1-19(2,3)14-8-10-15(11-9-14)25(22,23)20-13-12-18-21-16-6-4-5-7-17(16)24-18/h4-11,20H,12-13H2,1-3H3. The predicted octanol–water partition coefficient (Wildman–Crippen LogP) is 4.11. The Labute approximate surface area is 153 Å². The Bertz CT molecular complexity index is 936. The largest absolute Gasteiger partial charge is 0.241 e. The maximum absolute atomic E-state index is 12.4. The average molecular weight is 375 g/mol. The molecule has 0 unspecified atom stereocenters. The Hall–Kier alpha value is -1.76. The maximum Gasteiger partial charge on any atom is 0.240 e. The van der Waals surface area contributed by atoms with Gasteiger partial charge in [-0.25, -0.2) is 18.1 Å². The number of fused-ring (bicyclic) bond motifs is 1. The van der Waals surface area contributed by atoms with Gasteiger partial charge in [-0.2, -0.15) is 0 Å². The molecule has 0 aliphatic heterocycles. The summed E-state index contributed by atoms with van der Waals surface area (Å²) >= 11 is 1.60. The number of sulfonamides is 1. The van der Waals surface area contributed by atoms with Crippen LogP contribution in [0.3, 0.4) is 0 Å². The minimum absolute atomic E-state index is 0.00255. The van der Waals surface area contributed by atoms with Gasteiger partial charge >= 0.3 is 0 Å². The monoisotopic (exact) mass is 374 g/mol. The van der Waals surface area contributed by atoms with Gasteiger partial charge < -0.3 is 0 Å². The number of benzene rings is 2. The van der Waals surface area contributed by atoms with E-state index in [2.05, 4.69) is 30.5 Å². The third-order valence-corrected chi connectivity index (χ3v) is 6.57. The van der Waals surface area contributed by atoms with Crippen LogP contribution in [-0.4, -0.2) is 19.9 Å². The SMILES string of the molecule is CC(C)(C)c1ccc(S(=O)(=O)NCCc2nc3ccccc3s2)cc1. The van der Waals surface area contributed by atoms with Gasteiger partial charge in [0.25, 0.3) is 0 Å². The fraction of sp³-hybridized carbons (Fsp3) is 0.316. The molecule has 0 spiro atoms. The summed E-state index contributed by atoms with van der Waals surface area (Å²) in [7, 11) is -3.50. The molecule has 0 atom stereocenters. The number of hydrogen-bond donors (Lipinski definition) is 1. The number of rotatable bonds is 5. The molecule has 0 aliphatic carbocycles. The molecule has 1 heterocycles. The van der Waals surface area contributed by atoms with E-state index in [1.165, 1.54) is 0 Å². The number of nitrogens with one attached hydrogen (secondary N) is 1. The zero-order valence-electron chi connectivity index (χ0n) is 14.6. The highest BCUT2D eigenvalue weighted by molar-refractivity contribution is 7.89. The first kappa shape index (κ1) is 18.0. The van der Waals surface area contributed by atoms with Crippen molar-refractivity contribution < 1.29 is 8.42 Å². The van der Waals surface area contributed by atoms with E-state index in [4.69, 9.17) is 0 Å². The molecular formula is C19H22N2O2S2. The van der Waals surface area contributed by atoms with Gasteiger partial charge in [-0.1, -0.05) is 45.0 Å². The highest BCUT2D eigenvalue weighted by atomic mass is 32.2. The van der Waals surface area contributed by atoms with Crippen molar-refractivity contribution in [3.63, 3.8) is 0 Å². The molecule has 6 heteroatoms. The third-order valence-electron chi connectivity index (χ3n) is 4.00. The number of hydrogen-bond acceptors (Lipinski definition) is 4. The summed E-state index contributed by atoms with van der Waals surface area (Å²) < 4.78 is 28.6. The molecule has 1 N–H and O–H groups in total. The predicted molar refractivity (Wildman–Crippen MR) is 104 cm³/mol. The summed E-state index contributed by atoms with van der Waals surface area (Å²) in [4.78, 5) is 4.82. The second-order valence-electron chi connectivity index (χ2n) is 7.00. The van der Waals surface area contributed by atoms with Crippen LogP contribution in [0.5, 0.6) is 0 Å². The second kappa shape index (κ2) is 6.86. The van der Waals surface area contributed by atoms with Gasteiger partial charge in [0.05, 0.1) is 20.1 Å². The number of nitrogens with zero attached hydrogens (tertiary/aromatic N) is 1. The second-order valence-corrected chi connectivity index (χ2v) is 9.88. The normalized spacial score (nSPS) is 12.6. The lowest BCUT2D eigenvalue weighted by Crippen LogP contribution is -2.26. The fourth-order valence-electron chi connectivity index (χ4n) is 2.54. The molecule has 0 aliphatic rings. The molecule has 0 radical (unpaired) electrons. The molecule has 132 valence electrons. The minimum Gasteiger partial charge on any atom is -0.241 e. The minimum atomic E-state index is -3.50. The Morgan fingerprint density at radius 1 is 1.04 bits per heavy atom. The topological polar surface area (TPSA) is 59.1 Å². The molecule has 3 rings (SSSR count). The van der Waals surface area contributed by atoms with E-state index in [0.29, 0.717) is 17.9 Å². The van der Waals surface area contributed by atoms with Crippen LogP contribution in [0.15, 0.2) is 53.4 Å². The van der Waals surface area contributed by atoms with Crippen molar-refractivity contribution in [3.8, 4) is 0 Å². The lowest BCUT2D eigenvalue weighted by molar-refractivity contribution is 0.578. The van der Waals surface area contributed by atoms with Gasteiger partial charge in [0.15, 0.2) is 0 Å². The van der Waals surface area contributed by atoms with Crippen LogP contribution < -0.4 is 4.72 Å². The van der Waals surface area contributed by atoms with Crippen LogP contribution in [-0.2, 0) is 21.9 Å². The van der Waals surface area contributed by atoms with Crippen LogP contribution >= 0.6 is 11.3 Å². The molecule has 3 aromatic rings. The van der Waals surface area contributed by atoms with E-state index in [1.807, 2.05) is 36.4 Å². The lowest BCUT2D eigenvalue weighted by atomic mass is 9.87. The zero-order valence-corrected chi connectivity index (χ0v) is 16.2. The molecule has 25 heavy (non-hydrogen) atoms. The van der Waals surface area contributed by atoms with Gasteiger partial charge in [-0.15, -0.1) is 11.3 Å². The fourth-order valence-corrected chi connectivity index (χ4v) is 4.54. The van der Waals surface area contributed by atoms with E-state index < -0.39 is 10.0 Å². The van der Waals surface area contributed by atoms with E-state index in [0.717, 1.165) is 20.8 Å². The molecule has 0 fully saturated rings. The van der Waals surface area contributed by atoms with Crippen molar-refractivity contribution in [3.05, 3.63) is 59.1 Å². The summed E-state index contributed by atoms with van der Waals surface area (Å²) in [5, 5.41) is 0.937. The van der Waals surface area contributed by atoms with Gasteiger partial charge in [0.1, 0.15) is 0 Å². The van der Waals surface area contributed by atoms with Gasteiger partial charge in [-0.3, -0.25) is 0 Å². The Morgan fingerprint density at radius 2 is 1.72 bits per heavy atom. The van der Waals surface area contributed by atoms with Gasteiger partial charge in [-0.05, 0) is 35.2 Å². The van der Waals surface area contributed by atoms with Crippen LogP contribution in [0.2, 0.25) is 0 Å². The van der Waals surface area contributed by atoms with Crippen molar-refractivity contribution in [1.29, 1.82) is 0 Å². The first-order valence-electron chi connectivity index (χ1n) is 8.20. The Balaban J connectivity index is 1.65. The van der Waals surface area contributed by atoms with Crippen molar-refractivity contribution in [2.45, 2.75) is 37.5 Å². The third kappa shape index (κ3) is 4.26. The van der Waals surface area contributed by atoms with E-state index in [9.17, 15) is 8.42 Å². The van der Waals surface area contributed by atoms with E-state index in [-0.39, 0.29) is 5.41 Å². The average Bonchev–Trinajstić information content (AvgIpc) is 2.96. The highest BCUT2D eigenvalue weighted by Gasteiger charge is 2.17. The first-order valence-corrected chi connectivity index (χ1v) is 10.5. The van der Waals surface area contributed by atoms with E-state index in [1.54, 1.807) is 23.5 Å². The Kier molecular flexibility index (Phi) is 4.95. The summed E-state index contributed by atoms with van der Waals surface area (Å²) in [6.45, 7) is 6.65. The maximum atomic E-state index is 12.4. The molecule has 1 aromatic heterocycles. The highest BCUT2D eigenvalue weighted by Crippen LogP contribution is 2.24. The van der Waals surface area contributed by atoms with Crippen LogP contribution in [0.4, 0.5) is 0 Å². The van der Waals surface area contributed by atoms with Gasteiger partial charge in [0, 0.05) is 13.0 Å². The van der Waals surface area contributed by atoms with Crippen LogP contribution in [0, 0.1) is 0 Å². The molecule has 0 saturated carbocycles. The summed E-state index contributed by atoms with van der Waals surface area (Å²) in [6, 6.07) is 15.0. The smallest absolute Gasteiger partial charge is 0.240 e. The first-order chi connectivity index (χ1) is 11.8. The molecule has 0 amide bonds. The zero-order chi connectivity index (χ0) is 18.1. The van der Waals surface area contributed by atoms with E-state index >= 15 is 0 Å². The molecular weight excluding hydrogens is 352 g/mol. The molecule has 0 bridgehead atoms. The summed E-state index contributed by atoms with van der Waals surface area (Å²) in [5.74, 6) is 0. The number of para-hydroxylation sites is 1. The Morgan fingerprint density at radius 3 is 2.36 bits per heavy atom. The molecule has 4 nitrogen and oxygen atoms in total. The summed E-state index contributed by atoms with van der Waals surface area (Å²) in [6.07, 6.45) is 0.582. The number of thiazole rings is 1. The van der Waals surface area contributed by atoms with Crippen LogP contribution in [0.1, 0.15) is 31.3 Å². The molecule has 0 saturated heterocycles. The number of aromatic nitrogens is 1. The molecule has 2 aromatic carbocycles. The van der Waals surface area contributed by atoms with Gasteiger partial charge in [0.2, 0.25) is 10.0 Å². The van der Waals surface area contributed by atoms with Crippen LogP contribution in [0.25, 0.3) is 10.2 Å².